The molecule has 1 amide bonds. The van der Waals surface area contributed by atoms with E-state index in [1.807, 2.05) is 11.0 Å². The van der Waals surface area contributed by atoms with Gasteiger partial charge in [0.1, 0.15) is 18.0 Å². The van der Waals surface area contributed by atoms with E-state index in [0.29, 0.717) is 41.1 Å². The number of anilines is 2. The SMILES string of the molecule is CN(C/C=C/C(=O)N1CCC(Nc2ncnc(N)c2C(=N)c2ccc(Cl)cc2)C1)C1CC1. The first kappa shape index (κ1) is 22.2. The van der Waals surface area contributed by atoms with Gasteiger partial charge in [0.05, 0.1) is 11.3 Å². The number of carbonyl (C=O) groups excluding carboxylic acids is 1. The minimum atomic E-state index is 0.0209. The predicted octanol–water partition coefficient (Wildman–Crippen LogP) is 2.79. The molecule has 1 aliphatic heterocycles. The monoisotopic (exact) mass is 453 g/mol. The van der Waals surface area contributed by atoms with Crippen molar-refractivity contribution in [2.75, 3.05) is 37.7 Å². The third-order valence-corrected chi connectivity index (χ3v) is 6.18. The summed E-state index contributed by atoms with van der Waals surface area (Å²) in [6.07, 6.45) is 8.29. The van der Waals surface area contributed by atoms with Crippen molar-refractivity contribution in [3.63, 3.8) is 0 Å². The molecule has 0 spiro atoms. The number of likely N-dealkylation sites (tertiary alicyclic amines) is 1. The van der Waals surface area contributed by atoms with E-state index < -0.39 is 0 Å². The minimum Gasteiger partial charge on any atom is -0.383 e. The van der Waals surface area contributed by atoms with Crippen LogP contribution in [-0.2, 0) is 4.79 Å². The van der Waals surface area contributed by atoms with Gasteiger partial charge in [-0.05, 0) is 38.4 Å². The molecule has 1 aliphatic carbocycles. The molecule has 1 saturated carbocycles. The van der Waals surface area contributed by atoms with Crippen LogP contribution in [0.25, 0.3) is 0 Å². The highest BCUT2D eigenvalue weighted by Gasteiger charge is 2.28. The standard InChI is InChI=1S/C23H28ClN7O/c1-30(18-8-9-18)11-2-3-19(32)31-12-10-17(13-31)29-23-20(22(26)27-14-28-23)21(25)15-4-6-16(24)7-5-15/h2-7,14,17-18,25H,8-13H2,1H3,(H3,26,27,28,29)/b3-2+,25-21?. The number of halogens is 1. The average Bonchev–Trinajstić information content (AvgIpc) is 3.53. The second-order valence-corrected chi connectivity index (χ2v) is 8.79. The van der Waals surface area contributed by atoms with Crippen LogP contribution in [0, 0.1) is 5.41 Å². The molecule has 2 fully saturated rings. The van der Waals surface area contributed by atoms with Crippen LogP contribution in [0.1, 0.15) is 30.4 Å². The fourth-order valence-corrected chi connectivity index (χ4v) is 4.00. The van der Waals surface area contributed by atoms with Gasteiger partial charge in [-0.25, -0.2) is 9.97 Å². The van der Waals surface area contributed by atoms with E-state index in [-0.39, 0.29) is 23.5 Å². The number of nitrogens with zero attached hydrogens (tertiary/aromatic N) is 4. The molecule has 2 heterocycles. The minimum absolute atomic E-state index is 0.0209. The topological polar surface area (TPSA) is 111 Å². The van der Waals surface area contributed by atoms with Crippen molar-refractivity contribution in [1.82, 2.24) is 19.8 Å². The maximum atomic E-state index is 12.6. The van der Waals surface area contributed by atoms with Crippen molar-refractivity contribution in [3.05, 3.63) is 58.9 Å². The summed E-state index contributed by atoms with van der Waals surface area (Å²) in [7, 11) is 2.09. The molecule has 4 rings (SSSR count). The molecule has 2 aromatic rings. The lowest BCUT2D eigenvalue weighted by atomic mass is 10.0. The number of nitrogens with one attached hydrogen (secondary N) is 2. The van der Waals surface area contributed by atoms with Gasteiger partial charge >= 0.3 is 0 Å². The molecule has 4 N–H and O–H groups in total. The van der Waals surface area contributed by atoms with Crippen LogP contribution in [0.4, 0.5) is 11.6 Å². The van der Waals surface area contributed by atoms with Crippen LogP contribution in [-0.4, -0.2) is 70.2 Å². The normalized spacial score (nSPS) is 18.5. The van der Waals surface area contributed by atoms with Crippen LogP contribution in [0.2, 0.25) is 5.02 Å². The Bertz CT molecular complexity index is 1020. The molecule has 1 saturated heterocycles. The second-order valence-electron chi connectivity index (χ2n) is 8.35. The molecule has 0 radical (unpaired) electrons. The van der Waals surface area contributed by atoms with Gasteiger partial charge < -0.3 is 16.0 Å². The Kier molecular flexibility index (Phi) is 6.72. The number of hydrogen-bond donors (Lipinski definition) is 3. The third kappa shape index (κ3) is 5.26. The fraction of sp³-hybridized carbons (Fsp3) is 0.391. The molecule has 168 valence electrons. The number of benzene rings is 1. The quantitative estimate of drug-likeness (QED) is 0.418. The molecule has 0 bridgehead atoms. The number of nitrogens with two attached hydrogens (primary N) is 1. The number of amides is 1. The largest absolute Gasteiger partial charge is 0.383 e. The van der Waals surface area contributed by atoms with E-state index in [2.05, 4.69) is 27.2 Å². The zero-order valence-electron chi connectivity index (χ0n) is 18.1. The first-order chi connectivity index (χ1) is 15.4. The van der Waals surface area contributed by atoms with Gasteiger partial charge in [0.15, 0.2) is 0 Å². The predicted molar refractivity (Wildman–Crippen MR) is 127 cm³/mol. The van der Waals surface area contributed by atoms with Crippen molar-refractivity contribution < 1.29 is 4.79 Å². The average molecular weight is 454 g/mol. The number of rotatable bonds is 8. The lowest BCUT2D eigenvalue weighted by Gasteiger charge is -2.19. The van der Waals surface area contributed by atoms with Gasteiger partial charge in [-0.2, -0.15) is 0 Å². The Balaban J connectivity index is 1.40. The summed E-state index contributed by atoms with van der Waals surface area (Å²) in [4.78, 5) is 25.1. The molecule has 1 aromatic carbocycles. The van der Waals surface area contributed by atoms with Crippen molar-refractivity contribution in [2.24, 2.45) is 0 Å². The highest BCUT2D eigenvalue weighted by molar-refractivity contribution is 6.30. The number of carbonyl (C=O) groups is 1. The molecular weight excluding hydrogens is 426 g/mol. The van der Waals surface area contributed by atoms with E-state index in [9.17, 15) is 4.79 Å². The first-order valence-corrected chi connectivity index (χ1v) is 11.2. The van der Waals surface area contributed by atoms with E-state index in [4.69, 9.17) is 22.7 Å². The van der Waals surface area contributed by atoms with E-state index in [0.717, 1.165) is 13.0 Å². The molecule has 8 nitrogen and oxygen atoms in total. The molecule has 2 aliphatic rings. The summed E-state index contributed by atoms with van der Waals surface area (Å²) in [5.41, 5.74) is 7.44. The summed E-state index contributed by atoms with van der Waals surface area (Å²) < 4.78 is 0. The molecule has 1 atom stereocenters. The lowest BCUT2D eigenvalue weighted by Crippen LogP contribution is -2.31. The van der Waals surface area contributed by atoms with Gasteiger partial charge in [0, 0.05) is 48.4 Å². The van der Waals surface area contributed by atoms with E-state index in [1.165, 1.54) is 19.2 Å². The van der Waals surface area contributed by atoms with Crippen molar-refractivity contribution in [2.45, 2.75) is 31.3 Å². The summed E-state index contributed by atoms with van der Waals surface area (Å²) in [5, 5.41) is 12.6. The van der Waals surface area contributed by atoms with Gasteiger partial charge in [-0.15, -0.1) is 0 Å². The van der Waals surface area contributed by atoms with E-state index in [1.54, 1.807) is 30.3 Å². The fourth-order valence-electron chi connectivity index (χ4n) is 3.88. The Hall–Kier alpha value is -2.97. The molecule has 1 unspecified atom stereocenters. The van der Waals surface area contributed by atoms with Gasteiger partial charge in [0.25, 0.3) is 0 Å². The summed E-state index contributed by atoms with van der Waals surface area (Å²) in [5.74, 6) is 0.754. The molecule has 1 aromatic heterocycles. The zero-order chi connectivity index (χ0) is 22.7. The Morgan fingerprint density at radius 3 is 2.78 bits per heavy atom. The van der Waals surface area contributed by atoms with Crippen LogP contribution >= 0.6 is 11.6 Å². The second kappa shape index (κ2) is 9.67. The van der Waals surface area contributed by atoms with Crippen LogP contribution in [0.3, 0.4) is 0 Å². The van der Waals surface area contributed by atoms with Crippen LogP contribution in [0.15, 0.2) is 42.7 Å². The van der Waals surface area contributed by atoms with Gasteiger partial charge in [-0.1, -0.05) is 29.8 Å². The molecule has 9 heteroatoms. The maximum absolute atomic E-state index is 12.6. The van der Waals surface area contributed by atoms with Crippen molar-refractivity contribution in [1.29, 1.82) is 5.41 Å². The first-order valence-electron chi connectivity index (χ1n) is 10.8. The van der Waals surface area contributed by atoms with Crippen LogP contribution in [0.5, 0.6) is 0 Å². The molecule has 32 heavy (non-hydrogen) atoms. The smallest absolute Gasteiger partial charge is 0.246 e. The number of aromatic nitrogens is 2. The summed E-state index contributed by atoms with van der Waals surface area (Å²) in [6.45, 7) is 2.03. The van der Waals surface area contributed by atoms with Gasteiger partial charge in [-0.3, -0.25) is 15.1 Å². The molecular formula is C23H28ClN7O. The van der Waals surface area contributed by atoms with Crippen molar-refractivity contribution in [3.8, 4) is 0 Å². The summed E-state index contributed by atoms with van der Waals surface area (Å²) in [6, 6.07) is 7.70. The number of hydrogen-bond acceptors (Lipinski definition) is 7. The third-order valence-electron chi connectivity index (χ3n) is 5.92. The Labute approximate surface area is 193 Å². The van der Waals surface area contributed by atoms with Crippen molar-refractivity contribution >= 4 is 34.9 Å². The zero-order valence-corrected chi connectivity index (χ0v) is 18.8. The highest BCUT2D eigenvalue weighted by atomic mass is 35.5. The number of nitrogen functional groups attached to an aromatic ring is 1. The Morgan fingerprint density at radius 2 is 2.06 bits per heavy atom. The lowest BCUT2D eigenvalue weighted by molar-refractivity contribution is -0.125. The summed E-state index contributed by atoms with van der Waals surface area (Å²) >= 11 is 5.97. The van der Waals surface area contributed by atoms with E-state index >= 15 is 0 Å². The van der Waals surface area contributed by atoms with Gasteiger partial charge in [0.2, 0.25) is 5.91 Å². The number of likely N-dealkylation sites (N-methyl/N-ethyl adjacent to an activating group) is 1. The Morgan fingerprint density at radius 1 is 1.31 bits per heavy atom. The maximum Gasteiger partial charge on any atom is 0.246 e. The van der Waals surface area contributed by atoms with Crippen LogP contribution < -0.4 is 11.1 Å². The highest BCUT2D eigenvalue weighted by Crippen LogP contribution is 2.26.